The number of carboxylic acid groups (broad SMARTS) is 1. The molecule has 2 aromatic rings. The van der Waals surface area contributed by atoms with E-state index in [4.69, 9.17) is 9.47 Å². The van der Waals surface area contributed by atoms with Crippen molar-refractivity contribution < 1.29 is 19.4 Å². The Labute approximate surface area is 166 Å². The zero-order valence-electron chi connectivity index (χ0n) is 16.5. The Kier molecular flexibility index (Phi) is 7.31. The average molecular weight is 383 g/mol. The van der Waals surface area contributed by atoms with Crippen LogP contribution in [0.4, 0.5) is 0 Å². The van der Waals surface area contributed by atoms with Crippen molar-refractivity contribution in [2.75, 3.05) is 33.4 Å². The van der Waals surface area contributed by atoms with Gasteiger partial charge in [0, 0.05) is 6.54 Å². The number of rotatable bonds is 9. The van der Waals surface area contributed by atoms with Crippen molar-refractivity contribution in [1.82, 2.24) is 4.90 Å². The summed E-state index contributed by atoms with van der Waals surface area (Å²) in [7, 11) is 1.62. The fourth-order valence-corrected chi connectivity index (χ4v) is 3.70. The van der Waals surface area contributed by atoms with E-state index in [-0.39, 0.29) is 0 Å². The van der Waals surface area contributed by atoms with Gasteiger partial charge in [0.2, 0.25) is 0 Å². The van der Waals surface area contributed by atoms with Crippen LogP contribution in [0, 0.1) is 0 Å². The molecule has 5 nitrogen and oxygen atoms in total. The van der Waals surface area contributed by atoms with Gasteiger partial charge in [0.25, 0.3) is 0 Å². The molecule has 3 rings (SSSR count). The van der Waals surface area contributed by atoms with Crippen LogP contribution >= 0.6 is 0 Å². The molecule has 1 saturated heterocycles. The van der Waals surface area contributed by atoms with Crippen LogP contribution in [0.1, 0.15) is 36.3 Å². The first-order valence-corrected chi connectivity index (χ1v) is 9.97. The van der Waals surface area contributed by atoms with Crippen LogP contribution in [0.15, 0.2) is 48.5 Å². The number of methoxy groups -OCH3 is 1. The molecule has 1 unspecified atom stereocenters. The highest BCUT2D eigenvalue weighted by atomic mass is 16.5. The smallest absolute Gasteiger partial charge is 0.311 e. The van der Waals surface area contributed by atoms with Gasteiger partial charge in [-0.1, -0.05) is 42.8 Å². The summed E-state index contributed by atoms with van der Waals surface area (Å²) in [5.41, 5.74) is 1.73. The second kappa shape index (κ2) is 10.1. The fraction of sp³-hybridized carbons (Fsp3) is 0.435. The van der Waals surface area contributed by atoms with Gasteiger partial charge in [-0.15, -0.1) is 0 Å². The molecule has 150 valence electrons. The van der Waals surface area contributed by atoms with Crippen molar-refractivity contribution in [3.05, 3.63) is 59.7 Å². The number of benzene rings is 2. The standard InChI is InChI=1S/C23H29NO4/c1-27-21-11-10-18(16-20(23(25)26)19-8-4-2-5-9-19)17-22(21)28-15-14-24-12-6-3-7-13-24/h2,4-5,8-11,17,20H,3,6-7,12-16H2,1H3,(H,25,26). The van der Waals surface area contributed by atoms with Crippen molar-refractivity contribution >= 4 is 5.97 Å². The quantitative estimate of drug-likeness (QED) is 0.710. The largest absolute Gasteiger partial charge is 0.493 e. The van der Waals surface area contributed by atoms with Crippen LogP contribution in [0.3, 0.4) is 0 Å². The third-order valence-corrected chi connectivity index (χ3v) is 5.28. The molecule has 1 fully saturated rings. The summed E-state index contributed by atoms with van der Waals surface area (Å²) >= 11 is 0. The van der Waals surface area contributed by atoms with Gasteiger partial charge in [-0.3, -0.25) is 9.69 Å². The van der Waals surface area contributed by atoms with Crippen LogP contribution in [-0.2, 0) is 11.2 Å². The van der Waals surface area contributed by atoms with Crippen molar-refractivity contribution in [3.8, 4) is 11.5 Å². The average Bonchev–Trinajstić information content (AvgIpc) is 2.73. The summed E-state index contributed by atoms with van der Waals surface area (Å²) in [6.07, 6.45) is 4.24. The van der Waals surface area contributed by atoms with Crippen LogP contribution in [0.2, 0.25) is 0 Å². The Morgan fingerprint density at radius 1 is 1.07 bits per heavy atom. The SMILES string of the molecule is COc1ccc(CC(C(=O)O)c2ccccc2)cc1OCCN1CCCCC1. The molecule has 0 amide bonds. The zero-order valence-corrected chi connectivity index (χ0v) is 16.5. The molecule has 0 aliphatic carbocycles. The lowest BCUT2D eigenvalue weighted by atomic mass is 9.92. The maximum atomic E-state index is 11.8. The number of carboxylic acids is 1. The number of piperidine rings is 1. The monoisotopic (exact) mass is 383 g/mol. The molecule has 0 bridgehead atoms. The Bertz CT molecular complexity index is 756. The summed E-state index contributed by atoms with van der Waals surface area (Å²) in [6.45, 7) is 3.77. The Balaban J connectivity index is 1.67. The van der Waals surface area contributed by atoms with E-state index in [9.17, 15) is 9.90 Å². The molecule has 0 spiro atoms. The Morgan fingerprint density at radius 2 is 1.82 bits per heavy atom. The number of ether oxygens (including phenoxy) is 2. The summed E-state index contributed by atoms with van der Waals surface area (Å²) < 4.78 is 11.4. The van der Waals surface area contributed by atoms with Gasteiger partial charge in [0.15, 0.2) is 11.5 Å². The van der Waals surface area contributed by atoms with Gasteiger partial charge in [-0.05, 0) is 55.6 Å². The summed E-state index contributed by atoms with van der Waals surface area (Å²) in [5, 5.41) is 9.68. The van der Waals surface area contributed by atoms with Crippen molar-refractivity contribution in [3.63, 3.8) is 0 Å². The first-order chi connectivity index (χ1) is 13.7. The van der Waals surface area contributed by atoms with Crippen LogP contribution in [0.25, 0.3) is 0 Å². The third kappa shape index (κ3) is 5.49. The first kappa shape index (κ1) is 20.2. The molecule has 0 aromatic heterocycles. The van der Waals surface area contributed by atoms with Gasteiger partial charge in [-0.25, -0.2) is 0 Å². The van der Waals surface area contributed by atoms with E-state index in [2.05, 4.69) is 4.90 Å². The molecule has 1 atom stereocenters. The second-order valence-electron chi connectivity index (χ2n) is 7.24. The van der Waals surface area contributed by atoms with Crippen molar-refractivity contribution in [2.24, 2.45) is 0 Å². The number of hydrogen-bond donors (Lipinski definition) is 1. The van der Waals surface area contributed by atoms with E-state index in [0.717, 1.165) is 30.8 Å². The molecular formula is C23H29NO4. The molecule has 5 heteroatoms. The van der Waals surface area contributed by atoms with Crippen molar-refractivity contribution in [1.29, 1.82) is 0 Å². The van der Waals surface area contributed by atoms with Gasteiger partial charge < -0.3 is 14.6 Å². The maximum absolute atomic E-state index is 11.8. The minimum Gasteiger partial charge on any atom is -0.493 e. The molecule has 0 saturated carbocycles. The van der Waals surface area contributed by atoms with E-state index in [1.165, 1.54) is 19.3 Å². The highest BCUT2D eigenvalue weighted by Crippen LogP contribution is 2.31. The minimum atomic E-state index is -0.824. The summed E-state index contributed by atoms with van der Waals surface area (Å²) in [6, 6.07) is 15.0. The van der Waals surface area contributed by atoms with E-state index < -0.39 is 11.9 Å². The molecule has 1 heterocycles. The van der Waals surface area contributed by atoms with Gasteiger partial charge in [0.05, 0.1) is 13.0 Å². The summed E-state index contributed by atoms with van der Waals surface area (Å²) in [5.74, 6) is -0.0615. The van der Waals surface area contributed by atoms with Crippen LogP contribution in [0.5, 0.6) is 11.5 Å². The fourth-order valence-electron chi connectivity index (χ4n) is 3.70. The highest BCUT2D eigenvalue weighted by Gasteiger charge is 2.21. The first-order valence-electron chi connectivity index (χ1n) is 9.97. The molecule has 2 aromatic carbocycles. The number of aliphatic carboxylic acids is 1. The van der Waals surface area contributed by atoms with E-state index in [1.807, 2.05) is 48.5 Å². The molecule has 1 N–H and O–H groups in total. The second-order valence-corrected chi connectivity index (χ2v) is 7.24. The lowest BCUT2D eigenvalue weighted by Crippen LogP contribution is -2.33. The van der Waals surface area contributed by atoms with Gasteiger partial charge in [0.1, 0.15) is 6.61 Å². The highest BCUT2D eigenvalue weighted by molar-refractivity contribution is 5.76. The van der Waals surface area contributed by atoms with Crippen molar-refractivity contribution in [2.45, 2.75) is 31.6 Å². The molecule has 1 aliphatic heterocycles. The molecular weight excluding hydrogens is 354 g/mol. The Hall–Kier alpha value is -2.53. The number of nitrogens with zero attached hydrogens (tertiary/aromatic N) is 1. The van der Waals surface area contributed by atoms with Gasteiger partial charge >= 0.3 is 5.97 Å². The van der Waals surface area contributed by atoms with Crippen LogP contribution < -0.4 is 9.47 Å². The predicted octanol–water partition coefficient (Wildman–Crippen LogP) is 3.97. The minimum absolute atomic E-state index is 0.409. The van der Waals surface area contributed by atoms with Gasteiger partial charge in [-0.2, -0.15) is 0 Å². The lowest BCUT2D eigenvalue weighted by Gasteiger charge is -2.26. The third-order valence-electron chi connectivity index (χ3n) is 5.28. The normalized spacial score (nSPS) is 15.8. The topological polar surface area (TPSA) is 59.0 Å². The number of hydrogen-bond acceptors (Lipinski definition) is 4. The van der Waals surface area contributed by atoms with E-state index >= 15 is 0 Å². The number of carbonyl (C=O) groups is 1. The zero-order chi connectivity index (χ0) is 19.8. The van der Waals surface area contributed by atoms with E-state index in [1.54, 1.807) is 7.11 Å². The maximum Gasteiger partial charge on any atom is 0.311 e. The molecule has 28 heavy (non-hydrogen) atoms. The number of likely N-dealkylation sites (tertiary alicyclic amines) is 1. The Morgan fingerprint density at radius 3 is 2.50 bits per heavy atom. The molecule has 0 radical (unpaired) electrons. The molecule has 1 aliphatic rings. The van der Waals surface area contributed by atoms with Crippen LogP contribution in [-0.4, -0.2) is 49.3 Å². The van der Waals surface area contributed by atoms with E-state index in [0.29, 0.717) is 24.5 Å². The summed E-state index contributed by atoms with van der Waals surface area (Å²) in [4.78, 5) is 14.2. The predicted molar refractivity (Wildman–Crippen MR) is 109 cm³/mol. The lowest BCUT2D eigenvalue weighted by molar-refractivity contribution is -0.138.